The number of benzene rings is 1. The van der Waals surface area contributed by atoms with Gasteiger partial charge in [0.1, 0.15) is 0 Å². The van der Waals surface area contributed by atoms with E-state index >= 15 is 0 Å². The van der Waals surface area contributed by atoms with Gasteiger partial charge >= 0.3 is 6.18 Å². The summed E-state index contributed by atoms with van der Waals surface area (Å²) in [6.07, 6.45) is -3.34. The lowest BCUT2D eigenvalue weighted by Crippen LogP contribution is -2.46. The number of rotatable bonds is 6. The van der Waals surface area contributed by atoms with Gasteiger partial charge in [0.25, 0.3) is 0 Å². The summed E-state index contributed by atoms with van der Waals surface area (Å²) in [4.78, 5) is 1.75. The summed E-state index contributed by atoms with van der Waals surface area (Å²) in [6, 6.07) is 3.46. The summed E-state index contributed by atoms with van der Waals surface area (Å²) in [5.74, 6) is 0. The predicted octanol–water partition coefficient (Wildman–Crippen LogP) is 2.44. The fraction of sp³-hybridized carbons (Fsp3) is 0.625. The molecule has 0 atom stereocenters. The van der Waals surface area contributed by atoms with Crippen LogP contribution in [0, 0.1) is 0 Å². The van der Waals surface area contributed by atoms with Crippen LogP contribution in [0.2, 0.25) is 0 Å². The van der Waals surface area contributed by atoms with Crippen LogP contribution < -0.4 is 0 Å². The first-order valence-corrected chi connectivity index (χ1v) is 9.48. The molecular formula is C16H23F3N2O3S. The van der Waals surface area contributed by atoms with Crippen LogP contribution in [0.1, 0.15) is 18.4 Å². The van der Waals surface area contributed by atoms with Crippen LogP contribution in [0.4, 0.5) is 13.2 Å². The zero-order valence-electron chi connectivity index (χ0n) is 14.3. The fourth-order valence-corrected chi connectivity index (χ4v) is 4.40. The lowest BCUT2D eigenvalue weighted by molar-refractivity contribution is -0.137. The van der Waals surface area contributed by atoms with Crippen molar-refractivity contribution in [3.8, 4) is 0 Å². The lowest BCUT2D eigenvalue weighted by atomic mass is 10.1. The molecule has 25 heavy (non-hydrogen) atoms. The Morgan fingerprint density at radius 2 is 1.64 bits per heavy atom. The molecule has 1 saturated heterocycles. The first kappa shape index (κ1) is 20.2. The van der Waals surface area contributed by atoms with E-state index in [0.29, 0.717) is 32.6 Å². The van der Waals surface area contributed by atoms with Crippen molar-refractivity contribution in [1.29, 1.82) is 0 Å². The molecule has 5 nitrogen and oxygen atoms in total. The first-order valence-electron chi connectivity index (χ1n) is 8.04. The highest BCUT2D eigenvalue weighted by Gasteiger charge is 2.34. The lowest BCUT2D eigenvalue weighted by Gasteiger charge is -2.34. The van der Waals surface area contributed by atoms with Crippen LogP contribution in [-0.2, 0) is 20.9 Å². The van der Waals surface area contributed by atoms with Crippen molar-refractivity contribution < 1.29 is 26.3 Å². The van der Waals surface area contributed by atoms with Gasteiger partial charge < -0.3 is 9.64 Å². The molecule has 142 valence electrons. The molecule has 0 unspecified atom stereocenters. The second-order valence-corrected chi connectivity index (χ2v) is 8.18. The minimum atomic E-state index is -4.49. The number of hydrogen-bond donors (Lipinski definition) is 0. The number of likely N-dealkylation sites (N-methyl/N-ethyl adjacent to an activating group) is 1. The summed E-state index contributed by atoms with van der Waals surface area (Å²) < 4.78 is 70.8. The molecule has 0 N–H and O–H groups in total. The van der Waals surface area contributed by atoms with E-state index < -0.39 is 21.8 Å². The van der Waals surface area contributed by atoms with E-state index in [2.05, 4.69) is 0 Å². The molecule has 0 spiro atoms. The zero-order chi connectivity index (χ0) is 18.7. The Bertz CT molecular complexity index is 654. The Hall–Kier alpha value is -1.16. The number of nitrogens with zero attached hydrogens (tertiary/aromatic N) is 2. The Morgan fingerprint density at radius 1 is 1.08 bits per heavy atom. The minimum Gasteiger partial charge on any atom is -0.381 e. The minimum absolute atomic E-state index is 0.120. The van der Waals surface area contributed by atoms with Gasteiger partial charge in [-0.15, -0.1) is 0 Å². The molecule has 9 heteroatoms. The molecule has 0 aliphatic carbocycles. The third kappa shape index (κ3) is 5.16. The number of halogens is 3. The van der Waals surface area contributed by atoms with Crippen LogP contribution >= 0.6 is 0 Å². The van der Waals surface area contributed by atoms with Gasteiger partial charge in [-0.3, -0.25) is 0 Å². The number of hydrogen-bond acceptors (Lipinski definition) is 4. The summed E-state index contributed by atoms with van der Waals surface area (Å²) in [6.45, 7) is 1.76. The molecule has 2 rings (SSSR count). The highest BCUT2D eigenvalue weighted by atomic mass is 32.2. The van der Waals surface area contributed by atoms with E-state index in [0.717, 1.165) is 24.3 Å². The Balaban J connectivity index is 2.29. The average molecular weight is 380 g/mol. The van der Waals surface area contributed by atoms with E-state index in [1.54, 1.807) is 0 Å². The molecule has 0 amide bonds. The summed E-state index contributed by atoms with van der Waals surface area (Å²) in [7, 11) is -0.194. The first-order chi connectivity index (χ1) is 11.6. The van der Waals surface area contributed by atoms with Gasteiger partial charge in [-0.2, -0.15) is 17.5 Å². The average Bonchev–Trinajstić information content (AvgIpc) is 2.55. The van der Waals surface area contributed by atoms with Gasteiger partial charge in [-0.25, -0.2) is 8.42 Å². The van der Waals surface area contributed by atoms with Gasteiger partial charge in [0.15, 0.2) is 0 Å². The predicted molar refractivity (Wildman–Crippen MR) is 87.7 cm³/mol. The smallest absolute Gasteiger partial charge is 0.381 e. The third-order valence-corrected chi connectivity index (χ3v) is 6.12. The molecule has 0 saturated carbocycles. The van der Waals surface area contributed by atoms with Crippen LogP contribution in [0.25, 0.3) is 0 Å². The fourth-order valence-electron chi connectivity index (χ4n) is 2.72. The molecule has 1 aliphatic heterocycles. The molecule has 1 aromatic carbocycles. The molecule has 1 heterocycles. The maximum absolute atomic E-state index is 13.0. The third-order valence-electron chi connectivity index (χ3n) is 4.15. The number of ether oxygens (including phenoxy) is 1. The Labute approximate surface area is 146 Å². The van der Waals surface area contributed by atoms with Gasteiger partial charge in [0, 0.05) is 32.3 Å². The zero-order valence-corrected chi connectivity index (χ0v) is 15.1. The van der Waals surface area contributed by atoms with Crippen molar-refractivity contribution in [2.45, 2.75) is 30.0 Å². The van der Waals surface area contributed by atoms with Crippen molar-refractivity contribution in [3.63, 3.8) is 0 Å². The molecular weight excluding hydrogens is 357 g/mol. The second kappa shape index (κ2) is 8.03. The maximum Gasteiger partial charge on any atom is 0.416 e. The van der Waals surface area contributed by atoms with Crippen LogP contribution in [-0.4, -0.2) is 64.1 Å². The van der Waals surface area contributed by atoms with Crippen molar-refractivity contribution in [1.82, 2.24) is 9.21 Å². The highest BCUT2D eigenvalue weighted by Crippen LogP contribution is 2.31. The summed E-state index contributed by atoms with van der Waals surface area (Å²) in [5.41, 5.74) is -0.864. The molecule has 1 aliphatic rings. The van der Waals surface area contributed by atoms with Crippen molar-refractivity contribution in [2.24, 2.45) is 0 Å². The number of sulfonamides is 1. The van der Waals surface area contributed by atoms with E-state index in [4.69, 9.17) is 4.74 Å². The van der Waals surface area contributed by atoms with Crippen LogP contribution in [0.3, 0.4) is 0 Å². The molecule has 0 aromatic heterocycles. The summed E-state index contributed by atoms with van der Waals surface area (Å²) >= 11 is 0. The van der Waals surface area contributed by atoms with Gasteiger partial charge in [0.2, 0.25) is 10.0 Å². The van der Waals surface area contributed by atoms with Gasteiger partial charge in [-0.1, -0.05) is 0 Å². The van der Waals surface area contributed by atoms with Crippen molar-refractivity contribution in [2.75, 3.05) is 40.4 Å². The largest absolute Gasteiger partial charge is 0.416 e. The van der Waals surface area contributed by atoms with Crippen LogP contribution in [0.15, 0.2) is 29.2 Å². The normalized spacial score (nSPS) is 17.4. The summed E-state index contributed by atoms with van der Waals surface area (Å²) in [5, 5.41) is 0. The molecule has 1 fully saturated rings. The molecule has 1 aromatic rings. The van der Waals surface area contributed by atoms with E-state index in [-0.39, 0.29) is 17.5 Å². The SMILES string of the molecule is CN(C)CCN(C1CCOCC1)S(=O)(=O)c1ccc(C(F)(F)F)cc1. The monoisotopic (exact) mass is 380 g/mol. The Morgan fingerprint density at radius 3 is 2.12 bits per heavy atom. The van der Waals surface area contributed by atoms with E-state index in [1.165, 1.54) is 4.31 Å². The van der Waals surface area contributed by atoms with Crippen molar-refractivity contribution in [3.05, 3.63) is 29.8 Å². The Kier molecular flexibility index (Phi) is 6.47. The van der Waals surface area contributed by atoms with Gasteiger partial charge in [0.05, 0.1) is 10.5 Å². The van der Waals surface area contributed by atoms with Crippen molar-refractivity contribution >= 4 is 10.0 Å². The maximum atomic E-state index is 13.0. The quantitative estimate of drug-likeness (QED) is 0.761. The van der Waals surface area contributed by atoms with E-state index in [1.807, 2.05) is 19.0 Å². The highest BCUT2D eigenvalue weighted by molar-refractivity contribution is 7.89. The van der Waals surface area contributed by atoms with E-state index in [9.17, 15) is 21.6 Å². The van der Waals surface area contributed by atoms with Gasteiger partial charge in [-0.05, 0) is 51.2 Å². The topological polar surface area (TPSA) is 49.9 Å². The number of alkyl halides is 3. The molecule has 0 bridgehead atoms. The standard InChI is InChI=1S/C16H23F3N2O3S/c1-20(2)9-10-21(14-7-11-24-12-8-14)25(22,23)15-5-3-13(4-6-15)16(17,18)19/h3-6,14H,7-12H2,1-2H3. The second-order valence-electron chi connectivity index (χ2n) is 6.28. The molecule has 0 radical (unpaired) electrons. The van der Waals surface area contributed by atoms with Crippen LogP contribution in [0.5, 0.6) is 0 Å².